The first-order chi connectivity index (χ1) is 16.0. The fraction of sp³-hybridized carbons (Fsp3) is 0.423. The number of pyridine rings is 2. The first-order valence-electron chi connectivity index (χ1n) is 11.6. The zero-order valence-corrected chi connectivity index (χ0v) is 19.5. The molecule has 2 saturated heterocycles. The molecule has 0 aliphatic carbocycles. The zero-order valence-electron chi connectivity index (χ0n) is 19.5. The van der Waals surface area contributed by atoms with E-state index in [9.17, 15) is 4.79 Å². The van der Waals surface area contributed by atoms with E-state index in [1.165, 1.54) is 16.7 Å². The number of likely N-dealkylation sites (tertiary alicyclic amines) is 1. The number of rotatable bonds is 5. The van der Waals surface area contributed by atoms with Crippen molar-refractivity contribution in [3.05, 3.63) is 64.8 Å². The molecule has 2 aliphatic rings. The van der Waals surface area contributed by atoms with Gasteiger partial charge in [-0.15, -0.1) is 0 Å². The molecule has 0 saturated carbocycles. The number of fused-ring (bicyclic) bond motifs is 1. The second-order valence-electron chi connectivity index (χ2n) is 9.07. The Morgan fingerprint density at radius 1 is 1.09 bits per heavy atom. The van der Waals surface area contributed by atoms with Crippen LogP contribution in [0.25, 0.3) is 11.0 Å². The molecular formula is C26H30N4O3. The summed E-state index contributed by atoms with van der Waals surface area (Å²) in [4.78, 5) is 26.1. The summed E-state index contributed by atoms with van der Waals surface area (Å²) >= 11 is 0. The van der Waals surface area contributed by atoms with Crippen molar-refractivity contribution in [2.75, 3.05) is 26.7 Å². The van der Waals surface area contributed by atoms with Crippen molar-refractivity contribution in [3.63, 3.8) is 0 Å². The molecule has 4 heterocycles. The molecule has 1 unspecified atom stereocenters. The Bertz CT molecular complexity index is 1170. The Morgan fingerprint density at radius 3 is 2.67 bits per heavy atom. The Balaban J connectivity index is 1.25. The van der Waals surface area contributed by atoms with Crippen LogP contribution in [-0.4, -0.2) is 58.6 Å². The van der Waals surface area contributed by atoms with E-state index in [4.69, 9.17) is 9.47 Å². The van der Waals surface area contributed by atoms with Crippen LogP contribution < -0.4 is 4.74 Å². The number of benzene rings is 1. The highest BCUT2D eigenvalue weighted by Gasteiger charge is 2.39. The van der Waals surface area contributed by atoms with Crippen LogP contribution in [-0.2, 0) is 11.3 Å². The van der Waals surface area contributed by atoms with E-state index < -0.39 is 0 Å². The predicted octanol–water partition coefficient (Wildman–Crippen LogP) is 4.41. The van der Waals surface area contributed by atoms with Gasteiger partial charge in [0, 0.05) is 43.5 Å². The Morgan fingerprint density at radius 2 is 1.91 bits per heavy atom. The Labute approximate surface area is 194 Å². The second kappa shape index (κ2) is 8.98. The van der Waals surface area contributed by atoms with E-state index in [0.717, 1.165) is 49.1 Å². The summed E-state index contributed by atoms with van der Waals surface area (Å²) < 4.78 is 11.1. The van der Waals surface area contributed by atoms with Gasteiger partial charge < -0.3 is 14.4 Å². The predicted molar refractivity (Wildman–Crippen MR) is 126 cm³/mol. The van der Waals surface area contributed by atoms with Gasteiger partial charge in [0.1, 0.15) is 6.10 Å². The van der Waals surface area contributed by atoms with Gasteiger partial charge in [-0.05, 0) is 55.5 Å². The molecule has 1 atom stereocenters. The lowest BCUT2D eigenvalue weighted by Gasteiger charge is -2.35. The van der Waals surface area contributed by atoms with Crippen LogP contribution in [0.4, 0.5) is 4.79 Å². The quantitative estimate of drug-likeness (QED) is 0.578. The van der Waals surface area contributed by atoms with Gasteiger partial charge in [0.2, 0.25) is 5.88 Å². The van der Waals surface area contributed by atoms with Gasteiger partial charge >= 0.3 is 6.09 Å². The van der Waals surface area contributed by atoms with E-state index in [-0.39, 0.29) is 18.2 Å². The molecule has 2 aliphatic heterocycles. The van der Waals surface area contributed by atoms with Crippen LogP contribution in [0, 0.1) is 13.8 Å². The minimum atomic E-state index is -0.351. The monoisotopic (exact) mass is 446 g/mol. The highest BCUT2D eigenvalue weighted by atomic mass is 16.6. The SMILES string of the molecule is COc1ccc2nccc(C3CN(C4CCN(Cc5ccc(C)c(C)c5)CC4)C(=O)O3)c2n1. The van der Waals surface area contributed by atoms with Crippen LogP contribution in [0.15, 0.2) is 42.6 Å². The highest BCUT2D eigenvalue weighted by molar-refractivity contribution is 5.80. The van der Waals surface area contributed by atoms with Crippen LogP contribution >= 0.6 is 0 Å². The third-order valence-corrected chi connectivity index (χ3v) is 6.96. The maximum atomic E-state index is 12.8. The molecule has 0 N–H and O–H groups in total. The number of carbonyl (C=O) groups excluding carboxylic acids is 1. The number of carbonyl (C=O) groups is 1. The summed E-state index contributed by atoms with van der Waals surface area (Å²) in [5.41, 5.74) is 6.38. The average Bonchev–Trinajstić information content (AvgIpc) is 3.22. The Hall–Kier alpha value is -3.19. The minimum Gasteiger partial charge on any atom is -0.481 e. The van der Waals surface area contributed by atoms with Crippen molar-refractivity contribution in [1.29, 1.82) is 0 Å². The summed E-state index contributed by atoms with van der Waals surface area (Å²) in [5, 5.41) is 0. The molecule has 7 heteroatoms. The maximum Gasteiger partial charge on any atom is 0.410 e. The molecule has 2 aromatic heterocycles. The summed E-state index contributed by atoms with van der Waals surface area (Å²) in [7, 11) is 1.59. The first-order valence-corrected chi connectivity index (χ1v) is 11.6. The molecular weight excluding hydrogens is 416 g/mol. The Kier molecular flexibility index (Phi) is 5.89. The van der Waals surface area contributed by atoms with Gasteiger partial charge in [0.05, 0.1) is 24.7 Å². The lowest BCUT2D eigenvalue weighted by molar-refractivity contribution is 0.110. The van der Waals surface area contributed by atoms with Crippen molar-refractivity contribution in [1.82, 2.24) is 19.8 Å². The molecule has 0 radical (unpaired) electrons. The van der Waals surface area contributed by atoms with Gasteiger partial charge in [-0.1, -0.05) is 18.2 Å². The van der Waals surface area contributed by atoms with Gasteiger partial charge in [0.15, 0.2) is 0 Å². The first kappa shape index (κ1) is 21.6. The minimum absolute atomic E-state index is 0.203. The van der Waals surface area contributed by atoms with Crippen LogP contribution in [0.2, 0.25) is 0 Å². The van der Waals surface area contributed by atoms with E-state index in [2.05, 4.69) is 46.9 Å². The number of hydrogen-bond donors (Lipinski definition) is 0. The van der Waals surface area contributed by atoms with Crippen molar-refractivity contribution in [2.45, 2.75) is 45.4 Å². The third kappa shape index (κ3) is 4.37. The zero-order chi connectivity index (χ0) is 22.9. The number of nitrogens with zero attached hydrogens (tertiary/aromatic N) is 4. The number of ether oxygens (including phenoxy) is 2. The van der Waals surface area contributed by atoms with Crippen LogP contribution in [0.3, 0.4) is 0 Å². The summed E-state index contributed by atoms with van der Waals surface area (Å²) in [6, 6.07) is 12.5. The maximum absolute atomic E-state index is 12.8. The topological polar surface area (TPSA) is 67.8 Å². The van der Waals surface area contributed by atoms with Crippen molar-refractivity contribution >= 4 is 17.1 Å². The standard InChI is InChI=1S/C26H30N4O3/c1-17-4-5-19(14-18(17)2)15-29-12-9-20(10-13-29)30-16-23(33-26(30)31)21-8-11-27-22-6-7-24(32-3)28-25(21)22/h4-8,11,14,20,23H,9-10,12-13,15-16H2,1-3H3. The molecule has 1 aromatic carbocycles. The molecule has 33 heavy (non-hydrogen) atoms. The molecule has 2 fully saturated rings. The van der Waals surface area contributed by atoms with Gasteiger partial charge in [-0.3, -0.25) is 9.88 Å². The number of cyclic esters (lactones) is 1. The molecule has 172 valence electrons. The summed E-state index contributed by atoms with van der Waals surface area (Å²) in [5.74, 6) is 0.522. The number of piperidine rings is 1. The van der Waals surface area contributed by atoms with Gasteiger partial charge in [-0.2, -0.15) is 0 Å². The van der Waals surface area contributed by atoms with Crippen molar-refractivity contribution < 1.29 is 14.3 Å². The van der Waals surface area contributed by atoms with Crippen LogP contribution in [0.1, 0.15) is 41.2 Å². The normalized spacial score (nSPS) is 19.8. The average molecular weight is 447 g/mol. The molecule has 3 aromatic rings. The summed E-state index contributed by atoms with van der Waals surface area (Å²) in [6.45, 7) is 7.76. The fourth-order valence-electron chi connectivity index (χ4n) is 4.89. The van der Waals surface area contributed by atoms with E-state index >= 15 is 0 Å². The summed E-state index contributed by atoms with van der Waals surface area (Å²) in [6.07, 6.45) is 3.07. The molecule has 0 spiro atoms. The number of aryl methyl sites for hydroxylation is 2. The number of methoxy groups -OCH3 is 1. The lowest BCUT2D eigenvalue weighted by atomic mass is 10.0. The van der Waals surface area contributed by atoms with E-state index in [1.54, 1.807) is 19.4 Å². The number of hydrogen-bond acceptors (Lipinski definition) is 6. The van der Waals surface area contributed by atoms with Crippen LogP contribution in [0.5, 0.6) is 5.88 Å². The largest absolute Gasteiger partial charge is 0.481 e. The van der Waals surface area contributed by atoms with Gasteiger partial charge in [0.25, 0.3) is 0 Å². The fourth-order valence-corrected chi connectivity index (χ4v) is 4.89. The second-order valence-corrected chi connectivity index (χ2v) is 9.07. The molecule has 7 nitrogen and oxygen atoms in total. The van der Waals surface area contributed by atoms with Crippen molar-refractivity contribution in [3.8, 4) is 5.88 Å². The molecule has 5 rings (SSSR count). The van der Waals surface area contributed by atoms with E-state index in [1.807, 2.05) is 17.0 Å². The third-order valence-electron chi connectivity index (χ3n) is 6.96. The molecule has 0 bridgehead atoms. The lowest BCUT2D eigenvalue weighted by Crippen LogP contribution is -2.45. The van der Waals surface area contributed by atoms with E-state index in [0.29, 0.717) is 12.4 Å². The number of amides is 1. The van der Waals surface area contributed by atoms with Crippen molar-refractivity contribution in [2.24, 2.45) is 0 Å². The highest BCUT2D eigenvalue weighted by Crippen LogP contribution is 2.33. The van der Waals surface area contributed by atoms with Gasteiger partial charge in [-0.25, -0.2) is 9.78 Å². The number of aromatic nitrogens is 2. The molecule has 1 amide bonds. The smallest absolute Gasteiger partial charge is 0.410 e.